The molecule has 0 saturated heterocycles. The highest BCUT2D eigenvalue weighted by molar-refractivity contribution is 5.96. The molecule has 4 aromatic rings. The largest absolute Gasteiger partial charge is 0.497 e. The summed E-state index contributed by atoms with van der Waals surface area (Å²) in [5.41, 5.74) is 0.106. The molecule has 0 aliphatic heterocycles. The van der Waals surface area contributed by atoms with E-state index in [0.717, 1.165) is 0 Å². The Morgan fingerprint density at radius 3 is 1.92 bits per heavy atom. The van der Waals surface area contributed by atoms with Gasteiger partial charge in [-0.25, -0.2) is 9.78 Å². The van der Waals surface area contributed by atoms with Gasteiger partial charge in [0.25, 0.3) is 5.91 Å². The summed E-state index contributed by atoms with van der Waals surface area (Å²) < 4.78 is 16.4. The number of benzene rings is 3. The van der Waals surface area contributed by atoms with Crippen molar-refractivity contribution in [1.82, 2.24) is 15.3 Å². The summed E-state index contributed by atoms with van der Waals surface area (Å²) in [6.07, 6.45) is -1.68. The Balaban J connectivity index is 1.92. The molecule has 0 aliphatic carbocycles. The number of carbonyl (C=O) groups excluding carboxylic acids is 1. The second-order valence-corrected chi connectivity index (χ2v) is 8.39. The minimum absolute atomic E-state index is 0.204. The van der Waals surface area contributed by atoms with Crippen LogP contribution in [0.3, 0.4) is 0 Å². The van der Waals surface area contributed by atoms with Crippen LogP contribution in [0, 0.1) is 6.92 Å². The smallest absolute Gasteiger partial charge is 0.348 e. The molecule has 0 spiro atoms. The average Bonchev–Trinajstić information content (AvgIpc) is 2.95. The van der Waals surface area contributed by atoms with Crippen molar-refractivity contribution in [1.29, 1.82) is 0 Å². The molecule has 0 bridgehead atoms. The van der Waals surface area contributed by atoms with E-state index in [1.165, 1.54) is 14.2 Å². The van der Waals surface area contributed by atoms with E-state index in [2.05, 4.69) is 15.3 Å². The quantitative estimate of drug-likeness (QED) is 0.326. The van der Waals surface area contributed by atoms with E-state index in [9.17, 15) is 14.7 Å². The molecule has 1 heterocycles. The fourth-order valence-corrected chi connectivity index (χ4v) is 4.18. The van der Waals surface area contributed by atoms with Gasteiger partial charge in [0.2, 0.25) is 12.0 Å². The summed E-state index contributed by atoms with van der Waals surface area (Å²) in [6.45, 7) is 1.71. The van der Waals surface area contributed by atoms with Crippen LogP contribution in [0.25, 0.3) is 0 Å². The molecular formula is C29H27N3O6. The normalized spacial score (nSPS) is 11.8. The number of hydrogen-bond acceptors (Lipinski definition) is 7. The monoisotopic (exact) mass is 513 g/mol. The third-order valence-electron chi connectivity index (χ3n) is 5.98. The Labute approximate surface area is 220 Å². The number of aryl methyl sites for hydroxylation is 1. The predicted octanol–water partition coefficient (Wildman–Crippen LogP) is 4.01. The molecule has 1 aromatic heterocycles. The Morgan fingerprint density at radius 1 is 0.842 bits per heavy atom. The number of aromatic nitrogens is 2. The van der Waals surface area contributed by atoms with Crippen LogP contribution in [-0.2, 0) is 10.3 Å². The van der Waals surface area contributed by atoms with E-state index < -0.39 is 23.5 Å². The highest BCUT2D eigenvalue weighted by Gasteiger charge is 2.50. The van der Waals surface area contributed by atoms with Crippen LogP contribution in [0.15, 0.2) is 91.0 Å². The van der Waals surface area contributed by atoms with Gasteiger partial charge in [-0.05, 0) is 42.3 Å². The number of nitrogens with one attached hydrogen (secondary N) is 1. The number of rotatable bonds is 10. The number of amides is 1. The first-order valence-corrected chi connectivity index (χ1v) is 11.7. The van der Waals surface area contributed by atoms with Gasteiger partial charge in [-0.2, -0.15) is 4.98 Å². The van der Waals surface area contributed by atoms with E-state index in [1.54, 1.807) is 97.9 Å². The molecule has 4 rings (SSSR count). The van der Waals surface area contributed by atoms with Gasteiger partial charge in [-0.1, -0.05) is 60.7 Å². The molecule has 38 heavy (non-hydrogen) atoms. The van der Waals surface area contributed by atoms with Crippen LogP contribution in [0.4, 0.5) is 0 Å². The zero-order valence-corrected chi connectivity index (χ0v) is 21.1. The van der Waals surface area contributed by atoms with Gasteiger partial charge in [0.05, 0.1) is 14.2 Å². The SMILES string of the molecule is COc1ccc(C(=O)NC(c2ccccc2)(c2ccccc2)C(Oc2nc(C)cc(OC)n2)C(=O)O)cc1. The van der Waals surface area contributed by atoms with E-state index in [-0.39, 0.29) is 11.9 Å². The van der Waals surface area contributed by atoms with Crippen molar-refractivity contribution < 1.29 is 28.9 Å². The minimum atomic E-state index is -1.69. The third-order valence-corrected chi connectivity index (χ3v) is 5.98. The van der Waals surface area contributed by atoms with Crippen LogP contribution in [-0.4, -0.2) is 47.3 Å². The maximum Gasteiger partial charge on any atom is 0.348 e. The number of methoxy groups -OCH3 is 2. The van der Waals surface area contributed by atoms with Gasteiger partial charge in [0, 0.05) is 17.3 Å². The molecule has 1 atom stereocenters. The molecule has 9 heteroatoms. The number of carboxylic acid groups (broad SMARTS) is 1. The van der Waals surface area contributed by atoms with E-state index in [4.69, 9.17) is 14.2 Å². The van der Waals surface area contributed by atoms with E-state index in [0.29, 0.717) is 28.1 Å². The van der Waals surface area contributed by atoms with Gasteiger partial charge in [-0.15, -0.1) is 0 Å². The second-order valence-electron chi connectivity index (χ2n) is 8.39. The molecule has 0 aliphatic rings. The van der Waals surface area contributed by atoms with Crippen molar-refractivity contribution in [3.63, 3.8) is 0 Å². The van der Waals surface area contributed by atoms with Gasteiger partial charge in [0.1, 0.15) is 11.3 Å². The molecule has 0 fully saturated rings. The predicted molar refractivity (Wildman–Crippen MR) is 139 cm³/mol. The average molecular weight is 514 g/mol. The van der Waals surface area contributed by atoms with Crippen LogP contribution in [0.2, 0.25) is 0 Å². The zero-order valence-electron chi connectivity index (χ0n) is 21.1. The van der Waals surface area contributed by atoms with Crippen LogP contribution in [0.5, 0.6) is 17.6 Å². The second kappa shape index (κ2) is 11.4. The van der Waals surface area contributed by atoms with E-state index >= 15 is 0 Å². The van der Waals surface area contributed by atoms with Crippen LogP contribution < -0.4 is 19.5 Å². The Kier molecular flexibility index (Phi) is 7.86. The lowest BCUT2D eigenvalue weighted by Crippen LogP contribution is -2.60. The number of carbonyl (C=O) groups is 2. The number of hydrogen-bond donors (Lipinski definition) is 2. The van der Waals surface area contributed by atoms with Crippen LogP contribution >= 0.6 is 0 Å². The summed E-state index contributed by atoms with van der Waals surface area (Å²) >= 11 is 0. The van der Waals surface area contributed by atoms with Crippen molar-refractivity contribution in [3.05, 3.63) is 113 Å². The van der Waals surface area contributed by atoms with Crippen molar-refractivity contribution in [3.8, 4) is 17.6 Å². The zero-order chi connectivity index (χ0) is 27.1. The van der Waals surface area contributed by atoms with Gasteiger partial charge >= 0.3 is 12.0 Å². The molecule has 1 amide bonds. The van der Waals surface area contributed by atoms with Gasteiger partial charge in [0.15, 0.2) is 0 Å². The standard InChI is InChI=1S/C29H27N3O6/c1-19-18-24(37-3)31-28(30-19)38-25(27(34)35)29(21-10-6-4-7-11-21,22-12-8-5-9-13-22)32-26(33)20-14-16-23(36-2)17-15-20/h4-18,25H,1-3H3,(H,32,33)(H,34,35). The first-order valence-electron chi connectivity index (χ1n) is 11.7. The molecule has 0 radical (unpaired) electrons. The summed E-state index contributed by atoms with van der Waals surface area (Å²) in [5.74, 6) is -1.06. The van der Waals surface area contributed by atoms with Crippen molar-refractivity contribution in [2.24, 2.45) is 0 Å². The van der Waals surface area contributed by atoms with Gasteiger partial charge in [-0.3, -0.25) is 4.79 Å². The van der Waals surface area contributed by atoms with Crippen molar-refractivity contribution >= 4 is 11.9 Å². The fraction of sp³-hybridized carbons (Fsp3) is 0.172. The summed E-state index contributed by atoms with van der Waals surface area (Å²) in [4.78, 5) is 35.1. The maximum atomic E-state index is 13.7. The number of nitrogens with zero attached hydrogens (tertiary/aromatic N) is 2. The molecular weight excluding hydrogens is 486 g/mol. The molecule has 2 N–H and O–H groups in total. The van der Waals surface area contributed by atoms with Gasteiger partial charge < -0.3 is 24.6 Å². The summed E-state index contributed by atoms with van der Waals surface area (Å²) in [7, 11) is 2.97. The lowest BCUT2D eigenvalue weighted by atomic mass is 9.77. The third kappa shape index (κ3) is 5.41. The minimum Gasteiger partial charge on any atom is -0.497 e. The topological polar surface area (TPSA) is 120 Å². The highest BCUT2D eigenvalue weighted by Crippen LogP contribution is 2.36. The van der Waals surface area contributed by atoms with Crippen LogP contribution in [0.1, 0.15) is 27.2 Å². The lowest BCUT2D eigenvalue weighted by Gasteiger charge is -2.39. The number of aliphatic carboxylic acids is 1. The fourth-order valence-electron chi connectivity index (χ4n) is 4.18. The Bertz CT molecular complexity index is 1360. The molecule has 1 unspecified atom stereocenters. The lowest BCUT2D eigenvalue weighted by molar-refractivity contribution is -0.148. The molecule has 3 aromatic carbocycles. The first kappa shape index (κ1) is 26.2. The molecule has 0 saturated carbocycles. The maximum absolute atomic E-state index is 13.7. The Hall–Kier alpha value is -4.92. The first-order chi connectivity index (χ1) is 18.4. The molecule has 9 nitrogen and oxygen atoms in total. The Morgan fingerprint density at radius 2 is 1.42 bits per heavy atom. The number of carboxylic acids is 1. The highest BCUT2D eigenvalue weighted by atomic mass is 16.5. The van der Waals surface area contributed by atoms with Crippen molar-refractivity contribution in [2.75, 3.05) is 14.2 Å². The summed E-state index contributed by atoms with van der Waals surface area (Å²) in [5, 5.41) is 13.6. The number of ether oxygens (including phenoxy) is 3. The van der Waals surface area contributed by atoms with E-state index in [1.807, 2.05) is 0 Å². The van der Waals surface area contributed by atoms with Crippen molar-refractivity contribution in [2.45, 2.75) is 18.6 Å². The summed E-state index contributed by atoms with van der Waals surface area (Å²) in [6, 6.07) is 25.5. The molecule has 194 valence electrons.